The maximum absolute atomic E-state index is 11.9. The normalized spacial score (nSPS) is 12.1. The highest BCUT2D eigenvalue weighted by atomic mass is 16.6. The molecule has 1 amide bonds. The Kier molecular flexibility index (Phi) is 6.35. The molecule has 0 aliphatic heterocycles. The van der Waals surface area contributed by atoms with Crippen molar-refractivity contribution in [2.45, 2.75) is 40.2 Å². The average Bonchev–Trinajstić information content (AvgIpc) is 2.44. The number of rotatable bonds is 4. The van der Waals surface area contributed by atoms with Crippen LogP contribution in [0.2, 0.25) is 0 Å². The summed E-state index contributed by atoms with van der Waals surface area (Å²) in [5, 5.41) is 2.71. The van der Waals surface area contributed by atoms with E-state index in [1.54, 1.807) is 39.8 Å². The number of amides is 1. The van der Waals surface area contributed by atoms with Gasteiger partial charge < -0.3 is 9.47 Å². The predicted molar refractivity (Wildman–Crippen MR) is 95.8 cm³/mol. The van der Waals surface area contributed by atoms with Crippen LogP contribution in [0.15, 0.2) is 36.4 Å². The van der Waals surface area contributed by atoms with Crippen LogP contribution in [-0.2, 0) is 14.3 Å². The fraction of sp³-hybridized carbons (Fsp3) is 0.368. The van der Waals surface area contributed by atoms with E-state index in [0.29, 0.717) is 16.8 Å². The van der Waals surface area contributed by atoms with E-state index in [1.807, 2.05) is 19.1 Å². The van der Waals surface area contributed by atoms with Crippen LogP contribution in [0.25, 0.3) is 5.57 Å². The molecule has 24 heavy (non-hydrogen) atoms. The second-order valence-electron chi connectivity index (χ2n) is 6.45. The minimum absolute atomic E-state index is 0.423. The van der Waals surface area contributed by atoms with Crippen LogP contribution in [0, 0.1) is 6.92 Å². The minimum atomic E-state index is -0.579. The van der Waals surface area contributed by atoms with Crippen molar-refractivity contribution in [3.63, 3.8) is 0 Å². The SMILES string of the molecule is C=C/C(=C(\C)C(=O)OC)c1cc(C)cc(NC(=O)OC(C)(C)C)c1. The van der Waals surface area contributed by atoms with E-state index in [2.05, 4.69) is 11.9 Å². The first-order valence-corrected chi connectivity index (χ1v) is 7.61. The van der Waals surface area contributed by atoms with Gasteiger partial charge in [-0.3, -0.25) is 5.32 Å². The number of hydrogen-bond donors (Lipinski definition) is 1. The molecule has 0 bridgehead atoms. The Bertz CT molecular complexity index is 681. The molecule has 5 nitrogen and oxygen atoms in total. The number of nitrogens with one attached hydrogen (secondary N) is 1. The van der Waals surface area contributed by atoms with Crippen molar-refractivity contribution in [2.24, 2.45) is 0 Å². The number of esters is 1. The lowest BCUT2D eigenvalue weighted by Crippen LogP contribution is -2.27. The van der Waals surface area contributed by atoms with Crippen molar-refractivity contribution in [3.8, 4) is 0 Å². The number of methoxy groups -OCH3 is 1. The molecule has 0 radical (unpaired) electrons. The molecule has 0 atom stereocenters. The van der Waals surface area contributed by atoms with Crippen LogP contribution in [0.5, 0.6) is 0 Å². The molecule has 0 saturated carbocycles. The van der Waals surface area contributed by atoms with Crippen LogP contribution < -0.4 is 5.32 Å². The number of ether oxygens (including phenoxy) is 2. The van der Waals surface area contributed by atoms with Crippen LogP contribution in [-0.4, -0.2) is 24.8 Å². The summed E-state index contributed by atoms with van der Waals surface area (Å²) >= 11 is 0. The zero-order valence-corrected chi connectivity index (χ0v) is 15.1. The number of allylic oxidation sites excluding steroid dienone is 2. The number of carbonyl (C=O) groups excluding carboxylic acids is 2. The highest BCUT2D eigenvalue weighted by Crippen LogP contribution is 2.25. The van der Waals surface area contributed by atoms with E-state index >= 15 is 0 Å². The summed E-state index contributed by atoms with van der Waals surface area (Å²) in [6.07, 6.45) is 1.06. The number of aryl methyl sites for hydroxylation is 1. The van der Waals surface area contributed by atoms with Crippen molar-refractivity contribution in [3.05, 3.63) is 47.6 Å². The van der Waals surface area contributed by atoms with Crippen molar-refractivity contribution in [1.82, 2.24) is 0 Å². The first-order chi connectivity index (χ1) is 11.1. The van der Waals surface area contributed by atoms with E-state index in [1.165, 1.54) is 7.11 Å². The van der Waals surface area contributed by atoms with Gasteiger partial charge in [-0.25, -0.2) is 9.59 Å². The molecule has 1 aromatic carbocycles. The molecule has 0 heterocycles. The topological polar surface area (TPSA) is 64.6 Å². The van der Waals surface area contributed by atoms with Crippen molar-refractivity contribution in [1.29, 1.82) is 0 Å². The first kappa shape index (κ1) is 19.5. The summed E-state index contributed by atoms with van der Waals surface area (Å²) in [4.78, 5) is 23.7. The van der Waals surface area contributed by atoms with Gasteiger partial charge in [0.25, 0.3) is 0 Å². The zero-order chi connectivity index (χ0) is 18.5. The van der Waals surface area contributed by atoms with Gasteiger partial charge in [0.1, 0.15) is 5.60 Å². The summed E-state index contributed by atoms with van der Waals surface area (Å²) in [6, 6.07) is 5.49. The smallest absolute Gasteiger partial charge is 0.412 e. The Morgan fingerprint density at radius 2 is 1.83 bits per heavy atom. The van der Waals surface area contributed by atoms with Gasteiger partial charge in [0.2, 0.25) is 0 Å². The minimum Gasteiger partial charge on any atom is -0.466 e. The van der Waals surface area contributed by atoms with Gasteiger partial charge in [-0.05, 0) is 63.5 Å². The molecule has 0 saturated heterocycles. The Hall–Kier alpha value is -2.56. The lowest BCUT2D eigenvalue weighted by molar-refractivity contribution is -0.135. The number of benzene rings is 1. The van der Waals surface area contributed by atoms with Gasteiger partial charge in [0.15, 0.2) is 0 Å². The lowest BCUT2D eigenvalue weighted by Gasteiger charge is -2.20. The standard InChI is InChI=1S/C19H25NO4/c1-8-16(13(3)17(21)23-7)14-9-12(2)10-15(11-14)20-18(22)24-19(4,5)6/h8-11H,1H2,2-7H3,(H,20,22)/b16-13-. The second-order valence-corrected chi connectivity index (χ2v) is 6.45. The highest BCUT2D eigenvalue weighted by molar-refractivity contribution is 6.00. The largest absolute Gasteiger partial charge is 0.466 e. The third kappa shape index (κ3) is 5.57. The van der Waals surface area contributed by atoms with E-state index in [4.69, 9.17) is 9.47 Å². The Labute approximate surface area is 143 Å². The first-order valence-electron chi connectivity index (χ1n) is 7.61. The van der Waals surface area contributed by atoms with Gasteiger partial charge in [0.05, 0.1) is 7.11 Å². The Morgan fingerprint density at radius 1 is 1.21 bits per heavy atom. The van der Waals surface area contributed by atoms with Crippen LogP contribution >= 0.6 is 0 Å². The van der Waals surface area contributed by atoms with E-state index in [9.17, 15) is 9.59 Å². The van der Waals surface area contributed by atoms with E-state index in [0.717, 1.165) is 11.1 Å². The van der Waals surface area contributed by atoms with E-state index in [-0.39, 0.29) is 0 Å². The van der Waals surface area contributed by atoms with Crippen molar-refractivity contribution < 1.29 is 19.1 Å². The number of carbonyl (C=O) groups is 2. The number of hydrogen-bond acceptors (Lipinski definition) is 4. The molecule has 5 heteroatoms. The Morgan fingerprint density at radius 3 is 2.33 bits per heavy atom. The van der Waals surface area contributed by atoms with E-state index < -0.39 is 17.7 Å². The fourth-order valence-electron chi connectivity index (χ4n) is 2.18. The van der Waals surface area contributed by atoms with Gasteiger partial charge >= 0.3 is 12.1 Å². The molecular weight excluding hydrogens is 306 g/mol. The zero-order valence-electron chi connectivity index (χ0n) is 15.1. The van der Waals surface area contributed by atoms with Gasteiger partial charge in [0, 0.05) is 11.3 Å². The van der Waals surface area contributed by atoms with Gasteiger partial charge in [-0.2, -0.15) is 0 Å². The molecule has 0 unspecified atom stereocenters. The van der Waals surface area contributed by atoms with Crippen molar-refractivity contribution >= 4 is 23.3 Å². The predicted octanol–water partition coefficient (Wildman–Crippen LogP) is 4.47. The maximum Gasteiger partial charge on any atom is 0.412 e. The second kappa shape index (κ2) is 7.81. The molecule has 0 aromatic heterocycles. The van der Waals surface area contributed by atoms with Gasteiger partial charge in [-0.15, -0.1) is 0 Å². The highest BCUT2D eigenvalue weighted by Gasteiger charge is 2.17. The van der Waals surface area contributed by atoms with Crippen LogP contribution in [0.4, 0.5) is 10.5 Å². The number of anilines is 1. The molecule has 1 rings (SSSR count). The third-order valence-corrected chi connectivity index (χ3v) is 3.13. The summed E-state index contributed by atoms with van der Waals surface area (Å²) in [5.41, 5.74) is 2.79. The maximum atomic E-state index is 11.9. The summed E-state index contributed by atoms with van der Waals surface area (Å²) in [5.74, 6) is -0.423. The summed E-state index contributed by atoms with van der Waals surface area (Å²) < 4.78 is 10.0. The molecule has 1 N–H and O–H groups in total. The summed E-state index contributed by atoms with van der Waals surface area (Å²) in [6.45, 7) is 12.7. The van der Waals surface area contributed by atoms with Crippen molar-refractivity contribution in [2.75, 3.05) is 12.4 Å². The van der Waals surface area contributed by atoms with Crippen LogP contribution in [0.3, 0.4) is 0 Å². The van der Waals surface area contributed by atoms with Gasteiger partial charge in [-0.1, -0.05) is 18.7 Å². The quantitative estimate of drug-likeness (QED) is 0.502. The average molecular weight is 331 g/mol. The fourth-order valence-corrected chi connectivity index (χ4v) is 2.18. The molecule has 0 aliphatic rings. The third-order valence-electron chi connectivity index (χ3n) is 3.13. The van der Waals surface area contributed by atoms with Crippen LogP contribution in [0.1, 0.15) is 38.8 Å². The molecule has 0 aliphatic carbocycles. The molecule has 130 valence electrons. The molecule has 0 fully saturated rings. The monoisotopic (exact) mass is 331 g/mol. The lowest BCUT2D eigenvalue weighted by atomic mass is 9.98. The molecular formula is C19H25NO4. The molecule has 0 spiro atoms. The Balaban J connectivity index is 3.20. The molecule has 1 aromatic rings. The summed E-state index contributed by atoms with van der Waals surface area (Å²) in [7, 11) is 1.33.